The van der Waals surface area contributed by atoms with Crippen LogP contribution in [0.25, 0.3) is 0 Å². The summed E-state index contributed by atoms with van der Waals surface area (Å²) < 4.78 is 17.9. The van der Waals surface area contributed by atoms with Gasteiger partial charge in [0.2, 0.25) is 0 Å². The molecule has 0 radical (unpaired) electrons. The Morgan fingerprint density at radius 3 is 2.84 bits per heavy atom. The van der Waals surface area contributed by atoms with Gasteiger partial charge >= 0.3 is 0 Å². The number of benzene rings is 1. The molecule has 0 fully saturated rings. The van der Waals surface area contributed by atoms with Crippen LogP contribution < -0.4 is 10.1 Å². The standard InChI is InChI=1S/C12H13FN4O2/c1-8(12-14-7-15-17-12)16-11(18)6-19-10-4-2-9(13)3-5-10/h2-5,7-8H,6H2,1H3,(H,16,18)(H,14,15,17). The van der Waals surface area contributed by atoms with Crippen LogP contribution in [0.5, 0.6) is 5.75 Å². The second-order valence-corrected chi connectivity index (χ2v) is 3.90. The number of aromatic nitrogens is 3. The Morgan fingerprint density at radius 1 is 1.47 bits per heavy atom. The van der Waals surface area contributed by atoms with Gasteiger partial charge in [-0.3, -0.25) is 9.89 Å². The van der Waals surface area contributed by atoms with Gasteiger partial charge in [0.05, 0.1) is 6.04 Å². The molecule has 0 spiro atoms. The van der Waals surface area contributed by atoms with Gasteiger partial charge in [-0.1, -0.05) is 0 Å². The second-order valence-electron chi connectivity index (χ2n) is 3.90. The third-order valence-electron chi connectivity index (χ3n) is 2.40. The molecule has 19 heavy (non-hydrogen) atoms. The quantitative estimate of drug-likeness (QED) is 0.850. The number of nitrogens with one attached hydrogen (secondary N) is 2. The summed E-state index contributed by atoms with van der Waals surface area (Å²) in [6.07, 6.45) is 1.37. The van der Waals surface area contributed by atoms with E-state index in [4.69, 9.17) is 4.74 Å². The van der Waals surface area contributed by atoms with Crippen molar-refractivity contribution in [1.82, 2.24) is 20.5 Å². The Morgan fingerprint density at radius 2 is 2.21 bits per heavy atom. The Balaban J connectivity index is 1.80. The lowest BCUT2D eigenvalue weighted by Crippen LogP contribution is -2.31. The number of hydrogen-bond acceptors (Lipinski definition) is 4. The minimum atomic E-state index is -0.351. The van der Waals surface area contributed by atoms with E-state index in [1.165, 1.54) is 30.6 Å². The lowest BCUT2D eigenvalue weighted by molar-refractivity contribution is -0.123. The van der Waals surface area contributed by atoms with E-state index in [1.54, 1.807) is 6.92 Å². The van der Waals surface area contributed by atoms with Crippen molar-refractivity contribution in [3.63, 3.8) is 0 Å². The van der Waals surface area contributed by atoms with Gasteiger partial charge in [-0.15, -0.1) is 0 Å². The van der Waals surface area contributed by atoms with Gasteiger partial charge in [-0.2, -0.15) is 5.10 Å². The average Bonchev–Trinajstić information content (AvgIpc) is 2.92. The molecule has 6 nitrogen and oxygen atoms in total. The maximum Gasteiger partial charge on any atom is 0.258 e. The fourth-order valence-corrected chi connectivity index (χ4v) is 1.45. The summed E-state index contributed by atoms with van der Waals surface area (Å²) in [5, 5.41) is 9.05. The van der Waals surface area contributed by atoms with Crippen molar-refractivity contribution in [1.29, 1.82) is 0 Å². The van der Waals surface area contributed by atoms with E-state index in [9.17, 15) is 9.18 Å². The third kappa shape index (κ3) is 3.77. The highest BCUT2D eigenvalue weighted by molar-refractivity contribution is 5.77. The second kappa shape index (κ2) is 5.94. The smallest absolute Gasteiger partial charge is 0.258 e. The Labute approximate surface area is 109 Å². The highest BCUT2D eigenvalue weighted by Gasteiger charge is 2.12. The molecule has 1 aromatic carbocycles. The first kappa shape index (κ1) is 13.0. The number of halogens is 1. The molecule has 0 saturated carbocycles. The topological polar surface area (TPSA) is 79.9 Å². The summed E-state index contributed by atoms with van der Waals surface area (Å²) in [5.41, 5.74) is 0. The number of amides is 1. The lowest BCUT2D eigenvalue weighted by Gasteiger charge is -2.11. The molecule has 2 aromatic rings. The van der Waals surface area contributed by atoms with Gasteiger partial charge in [0.15, 0.2) is 6.61 Å². The van der Waals surface area contributed by atoms with Crippen molar-refractivity contribution in [2.75, 3.05) is 6.61 Å². The van der Waals surface area contributed by atoms with Crippen molar-refractivity contribution in [2.24, 2.45) is 0 Å². The number of hydrogen-bond donors (Lipinski definition) is 2. The van der Waals surface area contributed by atoms with Crippen LogP contribution >= 0.6 is 0 Å². The monoisotopic (exact) mass is 264 g/mol. The first-order chi connectivity index (χ1) is 9.15. The zero-order valence-electron chi connectivity index (χ0n) is 10.3. The van der Waals surface area contributed by atoms with E-state index in [0.29, 0.717) is 11.6 Å². The van der Waals surface area contributed by atoms with Gasteiger partial charge < -0.3 is 10.1 Å². The van der Waals surface area contributed by atoms with E-state index < -0.39 is 0 Å². The largest absolute Gasteiger partial charge is 0.484 e. The first-order valence-corrected chi connectivity index (χ1v) is 5.68. The van der Waals surface area contributed by atoms with Crippen LogP contribution in [0.15, 0.2) is 30.6 Å². The van der Waals surface area contributed by atoms with E-state index in [2.05, 4.69) is 20.5 Å². The fraction of sp³-hybridized carbons (Fsp3) is 0.250. The highest BCUT2D eigenvalue weighted by atomic mass is 19.1. The van der Waals surface area contributed by atoms with E-state index in [0.717, 1.165) is 0 Å². The summed E-state index contributed by atoms with van der Waals surface area (Å²) in [6.45, 7) is 1.63. The molecule has 1 aromatic heterocycles. The molecule has 0 bridgehead atoms. The Hall–Kier alpha value is -2.44. The van der Waals surface area contributed by atoms with Crippen molar-refractivity contribution >= 4 is 5.91 Å². The van der Waals surface area contributed by atoms with E-state index >= 15 is 0 Å². The average molecular weight is 264 g/mol. The number of carbonyl (C=O) groups excluding carboxylic acids is 1. The molecule has 100 valence electrons. The van der Waals surface area contributed by atoms with Gasteiger partial charge in [0.25, 0.3) is 5.91 Å². The first-order valence-electron chi connectivity index (χ1n) is 5.68. The summed E-state index contributed by atoms with van der Waals surface area (Å²) in [6, 6.07) is 5.17. The predicted octanol–water partition coefficient (Wildman–Crippen LogP) is 1.20. The Bertz CT molecular complexity index is 527. The molecule has 1 atom stereocenters. The molecule has 2 rings (SSSR count). The number of ether oxygens (including phenoxy) is 1. The Kier molecular flexibility index (Phi) is 4.07. The van der Waals surface area contributed by atoms with Crippen LogP contribution in [0, 0.1) is 5.82 Å². The SMILES string of the molecule is CC(NC(=O)COc1ccc(F)cc1)c1ncn[nH]1. The van der Waals surface area contributed by atoms with Crippen molar-refractivity contribution in [3.8, 4) is 5.75 Å². The third-order valence-corrected chi connectivity index (χ3v) is 2.40. The summed E-state index contributed by atoms with van der Waals surface area (Å²) in [4.78, 5) is 15.5. The van der Waals surface area contributed by atoms with Crippen LogP contribution in [0.1, 0.15) is 18.8 Å². The number of aromatic amines is 1. The van der Waals surface area contributed by atoms with Crippen LogP contribution in [-0.4, -0.2) is 27.7 Å². The molecular weight excluding hydrogens is 251 g/mol. The molecule has 1 unspecified atom stereocenters. The maximum absolute atomic E-state index is 12.7. The van der Waals surface area contributed by atoms with Gasteiger partial charge in [0, 0.05) is 0 Å². The number of nitrogens with zero attached hydrogens (tertiary/aromatic N) is 2. The van der Waals surface area contributed by atoms with E-state index in [-0.39, 0.29) is 24.4 Å². The summed E-state index contributed by atoms with van der Waals surface area (Å²) in [7, 11) is 0. The van der Waals surface area contributed by atoms with Crippen LogP contribution in [0.3, 0.4) is 0 Å². The van der Waals surface area contributed by atoms with Crippen molar-refractivity contribution in [2.45, 2.75) is 13.0 Å². The van der Waals surface area contributed by atoms with Crippen LogP contribution in [-0.2, 0) is 4.79 Å². The van der Waals surface area contributed by atoms with Gasteiger partial charge in [0.1, 0.15) is 23.7 Å². The normalized spacial score (nSPS) is 11.9. The molecule has 0 aliphatic rings. The highest BCUT2D eigenvalue weighted by Crippen LogP contribution is 2.11. The summed E-state index contributed by atoms with van der Waals surface area (Å²) in [5.74, 6) is 0.350. The fourth-order valence-electron chi connectivity index (χ4n) is 1.45. The van der Waals surface area contributed by atoms with Crippen molar-refractivity contribution < 1.29 is 13.9 Å². The summed E-state index contributed by atoms with van der Waals surface area (Å²) >= 11 is 0. The molecule has 0 saturated heterocycles. The van der Waals surface area contributed by atoms with Crippen LogP contribution in [0.4, 0.5) is 4.39 Å². The number of carbonyl (C=O) groups is 1. The molecule has 1 heterocycles. The van der Waals surface area contributed by atoms with E-state index in [1.807, 2.05) is 0 Å². The lowest BCUT2D eigenvalue weighted by atomic mass is 10.3. The molecule has 2 N–H and O–H groups in total. The molecule has 7 heteroatoms. The minimum absolute atomic E-state index is 0.149. The zero-order chi connectivity index (χ0) is 13.7. The minimum Gasteiger partial charge on any atom is -0.484 e. The number of H-pyrrole nitrogens is 1. The molecule has 0 aliphatic heterocycles. The molecule has 1 amide bonds. The van der Waals surface area contributed by atoms with Gasteiger partial charge in [-0.05, 0) is 31.2 Å². The van der Waals surface area contributed by atoms with Crippen molar-refractivity contribution in [3.05, 3.63) is 42.2 Å². The van der Waals surface area contributed by atoms with Crippen LogP contribution in [0.2, 0.25) is 0 Å². The molecule has 0 aliphatic carbocycles. The zero-order valence-corrected chi connectivity index (χ0v) is 10.3. The predicted molar refractivity (Wildman–Crippen MR) is 64.8 cm³/mol. The van der Waals surface area contributed by atoms with Gasteiger partial charge in [-0.25, -0.2) is 9.37 Å². The maximum atomic E-state index is 12.7. The number of rotatable bonds is 5. The molecular formula is C12H13FN4O2.